The first kappa shape index (κ1) is 14.3. The smallest absolute Gasteiger partial charge is 0.165 e. The Hall–Kier alpha value is -1.13. The molecule has 0 radical (unpaired) electrons. The van der Waals surface area contributed by atoms with Gasteiger partial charge in [0.15, 0.2) is 11.6 Å². The normalized spacial score (nSPS) is 23.8. The summed E-state index contributed by atoms with van der Waals surface area (Å²) in [4.78, 5) is 2.37. The van der Waals surface area contributed by atoms with Crippen molar-refractivity contribution in [2.45, 2.75) is 32.9 Å². The molecule has 1 aromatic carbocycles. The zero-order valence-corrected chi connectivity index (χ0v) is 11.7. The molecule has 1 aliphatic heterocycles. The molecule has 19 heavy (non-hydrogen) atoms. The summed E-state index contributed by atoms with van der Waals surface area (Å²) in [5.41, 5.74) is 6.72. The van der Waals surface area contributed by atoms with Gasteiger partial charge in [-0.3, -0.25) is 4.90 Å². The SMILES string of the molecule is CCOc1ccc(CN2CC(CN)CC2C)cc1F. The first-order valence-electron chi connectivity index (χ1n) is 6.99. The Balaban J connectivity index is 2.01. The van der Waals surface area contributed by atoms with Gasteiger partial charge in [0, 0.05) is 19.1 Å². The molecule has 1 heterocycles. The number of ether oxygens (including phenoxy) is 1. The van der Waals surface area contributed by atoms with E-state index in [0.717, 1.165) is 31.6 Å². The van der Waals surface area contributed by atoms with E-state index in [9.17, 15) is 4.39 Å². The fourth-order valence-corrected chi connectivity index (χ4v) is 2.76. The number of rotatable bonds is 5. The highest BCUT2D eigenvalue weighted by molar-refractivity contribution is 5.29. The zero-order valence-electron chi connectivity index (χ0n) is 11.7. The molecule has 3 nitrogen and oxygen atoms in total. The van der Waals surface area contributed by atoms with Crippen LogP contribution in [0.2, 0.25) is 0 Å². The van der Waals surface area contributed by atoms with Crippen LogP contribution >= 0.6 is 0 Å². The molecule has 2 N–H and O–H groups in total. The van der Waals surface area contributed by atoms with Gasteiger partial charge in [-0.05, 0) is 50.4 Å². The standard InChI is InChI=1S/C15H23FN2O/c1-3-19-15-5-4-12(7-14(15)16)9-18-10-13(8-17)6-11(18)2/h4-5,7,11,13H,3,6,8-10,17H2,1-2H3. The monoisotopic (exact) mass is 266 g/mol. The Labute approximate surface area is 114 Å². The van der Waals surface area contributed by atoms with Crippen LogP contribution in [0.1, 0.15) is 25.8 Å². The lowest BCUT2D eigenvalue weighted by molar-refractivity contribution is 0.255. The molecule has 1 fully saturated rings. The third kappa shape index (κ3) is 3.45. The second-order valence-electron chi connectivity index (χ2n) is 5.31. The van der Waals surface area contributed by atoms with Crippen molar-refractivity contribution in [1.82, 2.24) is 4.90 Å². The molecule has 0 aromatic heterocycles. The Morgan fingerprint density at radius 3 is 2.84 bits per heavy atom. The molecule has 2 rings (SSSR count). The van der Waals surface area contributed by atoms with Crippen LogP contribution in [-0.4, -0.2) is 30.6 Å². The summed E-state index contributed by atoms with van der Waals surface area (Å²) in [5.74, 6) is 0.629. The van der Waals surface area contributed by atoms with Gasteiger partial charge < -0.3 is 10.5 Å². The first-order valence-corrected chi connectivity index (χ1v) is 6.99. The van der Waals surface area contributed by atoms with Crippen LogP contribution in [0, 0.1) is 11.7 Å². The van der Waals surface area contributed by atoms with Crippen LogP contribution in [0.5, 0.6) is 5.75 Å². The van der Waals surface area contributed by atoms with E-state index in [2.05, 4.69) is 11.8 Å². The fourth-order valence-electron chi connectivity index (χ4n) is 2.76. The third-order valence-corrected chi connectivity index (χ3v) is 3.81. The average molecular weight is 266 g/mol. The first-order chi connectivity index (χ1) is 9.13. The van der Waals surface area contributed by atoms with Gasteiger partial charge in [-0.15, -0.1) is 0 Å². The number of hydrogen-bond acceptors (Lipinski definition) is 3. The van der Waals surface area contributed by atoms with Crippen molar-refractivity contribution in [1.29, 1.82) is 0 Å². The maximum atomic E-state index is 13.8. The minimum Gasteiger partial charge on any atom is -0.491 e. The molecule has 0 amide bonds. The Bertz CT molecular complexity index is 425. The molecule has 1 aliphatic rings. The van der Waals surface area contributed by atoms with Gasteiger partial charge in [-0.1, -0.05) is 6.07 Å². The molecule has 106 valence electrons. The number of halogens is 1. The van der Waals surface area contributed by atoms with Gasteiger partial charge in [0.05, 0.1) is 6.61 Å². The molecule has 4 heteroatoms. The van der Waals surface area contributed by atoms with Crippen molar-refractivity contribution in [2.24, 2.45) is 11.7 Å². The molecular weight excluding hydrogens is 243 g/mol. The van der Waals surface area contributed by atoms with Crippen molar-refractivity contribution in [3.63, 3.8) is 0 Å². The number of likely N-dealkylation sites (tertiary alicyclic amines) is 1. The van der Waals surface area contributed by atoms with E-state index in [-0.39, 0.29) is 5.82 Å². The summed E-state index contributed by atoms with van der Waals surface area (Å²) in [6.07, 6.45) is 1.13. The molecule has 2 atom stereocenters. The van der Waals surface area contributed by atoms with Crippen LogP contribution in [0.4, 0.5) is 4.39 Å². The molecule has 0 bridgehead atoms. The molecular formula is C15H23FN2O. The molecule has 1 aromatic rings. The zero-order chi connectivity index (χ0) is 13.8. The molecule has 0 spiro atoms. The van der Waals surface area contributed by atoms with E-state index in [4.69, 9.17) is 10.5 Å². The van der Waals surface area contributed by atoms with E-state index in [1.54, 1.807) is 12.1 Å². The van der Waals surface area contributed by atoms with E-state index in [0.29, 0.717) is 24.3 Å². The predicted octanol–water partition coefficient (Wildman–Crippen LogP) is 2.39. The van der Waals surface area contributed by atoms with Crippen molar-refractivity contribution in [2.75, 3.05) is 19.7 Å². The Morgan fingerprint density at radius 2 is 2.26 bits per heavy atom. The predicted molar refractivity (Wildman–Crippen MR) is 74.6 cm³/mol. The minimum absolute atomic E-state index is 0.276. The highest BCUT2D eigenvalue weighted by Crippen LogP contribution is 2.25. The maximum Gasteiger partial charge on any atom is 0.165 e. The van der Waals surface area contributed by atoms with Crippen molar-refractivity contribution >= 4 is 0 Å². The number of nitrogens with two attached hydrogens (primary N) is 1. The molecule has 1 saturated heterocycles. The lowest BCUT2D eigenvalue weighted by Crippen LogP contribution is -2.27. The van der Waals surface area contributed by atoms with Crippen molar-refractivity contribution in [3.8, 4) is 5.75 Å². The number of hydrogen-bond donors (Lipinski definition) is 1. The molecule has 2 unspecified atom stereocenters. The van der Waals surface area contributed by atoms with Crippen LogP contribution in [0.15, 0.2) is 18.2 Å². The van der Waals surface area contributed by atoms with Crippen molar-refractivity contribution < 1.29 is 9.13 Å². The summed E-state index contributed by atoms with van der Waals surface area (Å²) in [6.45, 7) is 7.07. The lowest BCUT2D eigenvalue weighted by atomic mass is 10.1. The number of benzene rings is 1. The highest BCUT2D eigenvalue weighted by atomic mass is 19.1. The van der Waals surface area contributed by atoms with Gasteiger partial charge in [-0.25, -0.2) is 4.39 Å². The summed E-state index contributed by atoms with van der Waals surface area (Å²) in [5, 5.41) is 0. The van der Waals surface area contributed by atoms with Gasteiger partial charge in [0.1, 0.15) is 0 Å². The van der Waals surface area contributed by atoms with E-state index in [1.807, 2.05) is 13.0 Å². The van der Waals surface area contributed by atoms with Crippen LogP contribution < -0.4 is 10.5 Å². The highest BCUT2D eigenvalue weighted by Gasteiger charge is 2.27. The number of nitrogens with zero attached hydrogens (tertiary/aromatic N) is 1. The van der Waals surface area contributed by atoms with Gasteiger partial charge in [0.2, 0.25) is 0 Å². The summed E-state index contributed by atoms with van der Waals surface area (Å²) in [7, 11) is 0. The summed E-state index contributed by atoms with van der Waals surface area (Å²) < 4.78 is 19.0. The van der Waals surface area contributed by atoms with E-state index >= 15 is 0 Å². The average Bonchev–Trinajstić information content (AvgIpc) is 2.74. The Kier molecular flexibility index (Phi) is 4.77. The van der Waals surface area contributed by atoms with Crippen molar-refractivity contribution in [3.05, 3.63) is 29.6 Å². The quantitative estimate of drug-likeness (QED) is 0.889. The second-order valence-corrected chi connectivity index (χ2v) is 5.31. The topological polar surface area (TPSA) is 38.5 Å². The Morgan fingerprint density at radius 1 is 1.47 bits per heavy atom. The van der Waals surface area contributed by atoms with Crippen LogP contribution in [-0.2, 0) is 6.54 Å². The summed E-state index contributed by atoms with van der Waals surface area (Å²) in [6, 6.07) is 5.75. The van der Waals surface area contributed by atoms with Gasteiger partial charge in [-0.2, -0.15) is 0 Å². The van der Waals surface area contributed by atoms with Gasteiger partial charge >= 0.3 is 0 Å². The largest absolute Gasteiger partial charge is 0.491 e. The second kappa shape index (κ2) is 6.35. The fraction of sp³-hybridized carbons (Fsp3) is 0.600. The van der Waals surface area contributed by atoms with Gasteiger partial charge in [0.25, 0.3) is 0 Å². The van der Waals surface area contributed by atoms with Crippen LogP contribution in [0.3, 0.4) is 0 Å². The minimum atomic E-state index is -0.276. The van der Waals surface area contributed by atoms with E-state index < -0.39 is 0 Å². The van der Waals surface area contributed by atoms with Crippen LogP contribution in [0.25, 0.3) is 0 Å². The third-order valence-electron chi connectivity index (χ3n) is 3.81. The molecule has 0 aliphatic carbocycles. The lowest BCUT2D eigenvalue weighted by Gasteiger charge is -2.21. The van der Waals surface area contributed by atoms with E-state index in [1.165, 1.54) is 0 Å². The maximum absolute atomic E-state index is 13.8. The summed E-state index contributed by atoms with van der Waals surface area (Å²) >= 11 is 0. The molecule has 0 saturated carbocycles.